The molecule has 0 aliphatic carbocycles. The lowest BCUT2D eigenvalue weighted by molar-refractivity contribution is -0.115. The Balaban J connectivity index is 2.09. The highest BCUT2D eigenvalue weighted by Crippen LogP contribution is 2.24. The largest absolute Gasteiger partial charge is 0.496 e. The quantitative estimate of drug-likeness (QED) is 0.888. The van der Waals surface area contributed by atoms with Crippen molar-refractivity contribution in [2.24, 2.45) is 0 Å². The van der Waals surface area contributed by atoms with Crippen LogP contribution in [0.4, 0.5) is 5.00 Å². The molecule has 0 fully saturated rings. The number of ether oxygens (including phenoxy) is 1. The lowest BCUT2D eigenvalue weighted by Gasteiger charge is -2.08. The molecule has 1 aromatic heterocycles. The van der Waals surface area contributed by atoms with E-state index in [1.807, 2.05) is 12.1 Å². The second kappa shape index (κ2) is 6.21. The van der Waals surface area contributed by atoms with Gasteiger partial charge in [-0.05, 0) is 17.5 Å². The van der Waals surface area contributed by atoms with Crippen LogP contribution < -0.4 is 10.1 Å². The van der Waals surface area contributed by atoms with E-state index >= 15 is 0 Å². The fourth-order valence-electron chi connectivity index (χ4n) is 1.77. The molecule has 0 aliphatic heterocycles. The van der Waals surface area contributed by atoms with Crippen molar-refractivity contribution < 1.29 is 19.4 Å². The van der Waals surface area contributed by atoms with Crippen LogP contribution in [0.15, 0.2) is 35.7 Å². The van der Waals surface area contributed by atoms with Gasteiger partial charge in [-0.2, -0.15) is 0 Å². The van der Waals surface area contributed by atoms with Crippen LogP contribution in [0, 0.1) is 0 Å². The van der Waals surface area contributed by atoms with E-state index in [1.165, 1.54) is 17.4 Å². The molecule has 2 rings (SSSR count). The van der Waals surface area contributed by atoms with E-state index in [1.54, 1.807) is 24.6 Å². The molecule has 2 N–H and O–H groups in total. The normalized spacial score (nSPS) is 10.1. The summed E-state index contributed by atoms with van der Waals surface area (Å²) < 4.78 is 5.17. The Morgan fingerprint density at radius 3 is 2.75 bits per heavy atom. The van der Waals surface area contributed by atoms with E-state index in [0.717, 1.165) is 5.56 Å². The second-order valence-electron chi connectivity index (χ2n) is 4.01. The van der Waals surface area contributed by atoms with Crippen molar-refractivity contribution in [3.63, 3.8) is 0 Å². The first-order valence-electron chi connectivity index (χ1n) is 5.84. The molecule has 104 valence electrons. The highest BCUT2D eigenvalue weighted by atomic mass is 32.1. The lowest BCUT2D eigenvalue weighted by atomic mass is 10.1. The first-order valence-corrected chi connectivity index (χ1v) is 6.72. The molecule has 0 radical (unpaired) electrons. The highest BCUT2D eigenvalue weighted by molar-refractivity contribution is 7.14. The van der Waals surface area contributed by atoms with Gasteiger partial charge in [0.05, 0.1) is 19.1 Å². The molecule has 5 nitrogen and oxygen atoms in total. The van der Waals surface area contributed by atoms with Crippen LogP contribution in [0.3, 0.4) is 0 Å². The van der Waals surface area contributed by atoms with Crippen molar-refractivity contribution in [2.75, 3.05) is 12.4 Å². The van der Waals surface area contributed by atoms with Gasteiger partial charge in [0.15, 0.2) is 0 Å². The average Bonchev–Trinajstić information content (AvgIpc) is 2.87. The minimum atomic E-state index is -1.06. The summed E-state index contributed by atoms with van der Waals surface area (Å²) >= 11 is 1.18. The van der Waals surface area contributed by atoms with Crippen LogP contribution >= 0.6 is 11.3 Å². The lowest BCUT2D eigenvalue weighted by Crippen LogP contribution is -2.15. The van der Waals surface area contributed by atoms with Crippen LogP contribution in [-0.2, 0) is 11.2 Å². The van der Waals surface area contributed by atoms with Crippen LogP contribution in [0.1, 0.15) is 15.9 Å². The van der Waals surface area contributed by atoms with Gasteiger partial charge < -0.3 is 15.2 Å². The summed E-state index contributed by atoms with van der Waals surface area (Å²) in [5.41, 5.74) is 0.851. The molecular formula is C14H13NO4S. The van der Waals surface area contributed by atoms with E-state index < -0.39 is 5.97 Å². The molecule has 0 bridgehead atoms. The number of hydrogen-bond acceptors (Lipinski definition) is 4. The monoisotopic (exact) mass is 291 g/mol. The Morgan fingerprint density at radius 1 is 1.30 bits per heavy atom. The fraction of sp³-hybridized carbons (Fsp3) is 0.143. The van der Waals surface area contributed by atoms with Crippen molar-refractivity contribution in [2.45, 2.75) is 6.42 Å². The summed E-state index contributed by atoms with van der Waals surface area (Å²) in [6.07, 6.45) is 0.126. The molecule has 1 heterocycles. The number of rotatable bonds is 5. The summed E-state index contributed by atoms with van der Waals surface area (Å²) in [6.45, 7) is 0. The Morgan fingerprint density at radius 2 is 2.05 bits per heavy atom. The Labute approximate surface area is 119 Å². The zero-order chi connectivity index (χ0) is 14.5. The van der Waals surface area contributed by atoms with Crippen LogP contribution in [0.25, 0.3) is 0 Å². The summed E-state index contributed by atoms with van der Waals surface area (Å²) in [6, 6.07) is 8.67. The van der Waals surface area contributed by atoms with E-state index in [4.69, 9.17) is 9.84 Å². The van der Waals surface area contributed by atoms with Crippen molar-refractivity contribution in [3.8, 4) is 5.75 Å². The molecule has 6 heteroatoms. The van der Waals surface area contributed by atoms with E-state index in [9.17, 15) is 9.59 Å². The Bertz CT molecular complexity index is 636. The van der Waals surface area contributed by atoms with Crippen molar-refractivity contribution in [1.29, 1.82) is 0 Å². The third-order valence-electron chi connectivity index (χ3n) is 2.69. The molecule has 0 saturated heterocycles. The first-order chi connectivity index (χ1) is 9.61. The molecule has 20 heavy (non-hydrogen) atoms. The van der Waals surface area contributed by atoms with Gasteiger partial charge in [-0.3, -0.25) is 4.79 Å². The predicted octanol–water partition coefficient (Wildman–Crippen LogP) is 2.64. The predicted molar refractivity (Wildman–Crippen MR) is 76.6 cm³/mol. The average molecular weight is 291 g/mol. The number of aromatic carboxylic acids is 1. The number of carbonyl (C=O) groups excluding carboxylic acids is 1. The zero-order valence-corrected chi connectivity index (χ0v) is 11.6. The molecule has 0 spiro atoms. The molecule has 0 atom stereocenters. The van der Waals surface area contributed by atoms with Gasteiger partial charge in [0, 0.05) is 5.56 Å². The first kappa shape index (κ1) is 14.1. The third kappa shape index (κ3) is 3.16. The van der Waals surface area contributed by atoms with E-state index in [0.29, 0.717) is 10.8 Å². The summed E-state index contributed by atoms with van der Waals surface area (Å²) in [5, 5.41) is 13.6. The number of carboxylic acids is 1. The Kier molecular flexibility index (Phi) is 4.37. The van der Waals surface area contributed by atoms with E-state index in [-0.39, 0.29) is 17.9 Å². The number of amides is 1. The van der Waals surface area contributed by atoms with Crippen molar-refractivity contribution in [1.82, 2.24) is 0 Å². The smallest absolute Gasteiger partial charge is 0.338 e. The zero-order valence-electron chi connectivity index (χ0n) is 10.8. The van der Waals surface area contributed by atoms with Gasteiger partial charge in [-0.15, -0.1) is 11.3 Å². The molecular weight excluding hydrogens is 278 g/mol. The Hall–Kier alpha value is -2.34. The SMILES string of the molecule is COc1ccccc1CC(=O)Nc1sccc1C(=O)O. The van der Waals surface area contributed by atoms with Crippen LogP contribution in [0.2, 0.25) is 0 Å². The van der Waals surface area contributed by atoms with Crippen LogP contribution in [-0.4, -0.2) is 24.1 Å². The number of methoxy groups -OCH3 is 1. The minimum Gasteiger partial charge on any atom is -0.496 e. The second-order valence-corrected chi connectivity index (χ2v) is 4.92. The third-order valence-corrected chi connectivity index (χ3v) is 3.52. The number of anilines is 1. The van der Waals surface area contributed by atoms with Crippen molar-refractivity contribution >= 4 is 28.2 Å². The van der Waals surface area contributed by atoms with E-state index in [2.05, 4.69) is 5.32 Å². The molecule has 0 saturated carbocycles. The topological polar surface area (TPSA) is 75.6 Å². The summed E-state index contributed by atoms with van der Waals surface area (Å²) in [4.78, 5) is 22.9. The number of carboxylic acid groups (broad SMARTS) is 1. The van der Waals surface area contributed by atoms with Gasteiger partial charge in [0.1, 0.15) is 10.8 Å². The number of para-hydroxylation sites is 1. The van der Waals surface area contributed by atoms with Gasteiger partial charge in [0.25, 0.3) is 0 Å². The molecule has 0 unspecified atom stereocenters. The maximum absolute atomic E-state index is 12.0. The maximum atomic E-state index is 12.0. The van der Waals surface area contributed by atoms with Crippen LogP contribution in [0.5, 0.6) is 5.75 Å². The molecule has 1 amide bonds. The summed E-state index contributed by atoms with van der Waals surface area (Å²) in [5.74, 6) is -0.703. The number of benzene rings is 1. The standard InChI is InChI=1S/C14H13NO4S/c1-19-11-5-3-2-4-9(11)8-12(16)15-13-10(14(17)18)6-7-20-13/h2-7H,8H2,1H3,(H,15,16)(H,17,18). The summed E-state index contributed by atoms with van der Waals surface area (Å²) in [7, 11) is 1.54. The van der Waals surface area contributed by atoms with Gasteiger partial charge in [0.2, 0.25) is 5.91 Å². The van der Waals surface area contributed by atoms with Gasteiger partial charge in [-0.25, -0.2) is 4.79 Å². The molecule has 0 aliphatic rings. The van der Waals surface area contributed by atoms with Crippen molar-refractivity contribution in [3.05, 3.63) is 46.8 Å². The highest BCUT2D eigenvalue weighted by Gasteiger charge is 2.15. The minimum absolute atomic E-state index is 0.100. The number of nitrogens with one attached hydrogen (secondary N) is 1. The number of thiophene rings is 1. The maximum Gasteiger partial charge on any atom is 0.338 e. The van der Waals surface area contributed by atoms with Gasteiger partial charge >= 0.3 is 5.97 Å². The fourth-order valence-corrected chi connectivity index (χ4v) is 2.56. The molecule has 2 aromatic rings. The van der Waals surface area contributed by atoms with Gasteiger partial charge in [-0.1, -0.05) is 18.2 Å². The number of hydrogen-bond donors (Lipinski definition) is 2. The molecule has 1 aromatic carbocycles. The number of carbonyl (C=O) groups is 2.